The van der Waals surface area contributed by atoms with Crippen LogP contribution < -0.4 is 0 Å². The van der Waals surface area contributed by atoms with Gasteiger partial charge < -0.3 is 4.90 Å². The maximum absolute atomic E-state index is 13.1. The van der Waals surface area contributed by atoms with Gasteiger partial charge in [-0.2, -0.15) is 0 Å². The van der Waals surface area contributed by atoms with E-state index >= 15 is 0 Å². The molecule has 1 amide bonds. The van der Waals surface area contributed by atoms with E-state index in [4.69, 9.17) is 11.6 Å². The number of hydrogen-bond donors (Lipinski definition) is 0. The van der Waals surface area contributed by atoms with E-state index < -0.39 is 15.9 Å². The van der Waals surface area contributed by atoms with E-state index in [1.54, 1.807) is 36.4 Å². The van der Waals surface area contributed by atoms with Crippen LogP contribution in [-0.4, -0.2) is 36.8 Å². The van der Waals surface area contributed by atoms with Gasteiger partial charge >= 0.3 is 0 Å². The number of benzene rings is 2. The number of hydrogen-bond acceptors (Lipinski definition) is 3. The molecule has 0 N–H and O–H groups in total. The number of sulfone groups is 1. The minimum absolute atomic E-state index is 0.0557. The third kappa shape index (κ3) is 5.17. The molecule has 2 aromatic rings. The maximum atomic E-state index is 13.1. The Morgan fingerprint density at radius 2 is 1.89 bits per heavy atom. The molecular formula is C20H19ClFNO3S. The van der Waals surface area contributed by atoms with Crippen LogP contribution in [0.5, 0.6) is 0 Å². The molecule has 3 rings (SSSR count). The Kier molecular flexibility index (Phi) is 5.97. The highest BCUT2D eigenvalue weighted by Crippen LogP contribution is 2.22. The molecule has 7 heteroatoms. The van der Waals surface area contributed by atoms with Gasteiger partial charge in [0.25, 0.3) is 0 Å². The Morgan fingerprint density at radius 1 is 1.19 bits per heavy atom. The summed E-state index contributed by atoms with van der Waals surface area (Å²) in [7, 11) is -3.15. The standard InChI is InChI=1S/C20H19ClFNO3S/c21-19-4-2-1-3-16(19)7-10-20(24)23(18-11-12-27(25,26)14-18)13-15-5-8-17(22)9-6-15/h1-10,18H,11-14H2. The molecule has 1 heterocycles. The zero-order valence-corrected chi connectivity index (χ0v) is 16.1. The average Bonchev–Trinajstić information content (AvgIpc) is 3.00. The Hall–Kier alpha value is -2.18. The fraction of sp³-hybridized carbons (Fsp3) is 0.250. The SMILES string of the molecule is O=C(C=Cc1ccccc1Cl)N(Cc1ccc(F)cc1)C1CCS(=O)(=O)C1. The smallest absolute Gasteiger partial charge is 0.247 e. The third-order valence-corrected chi connectivity index (χ3v) is 6.60. The van der Waals surface area contributed by atoms with Gasteiger partial charge in [0.2, 0.25) is 5.91 Å². The molecule has 1 saturated heterocycles. The van der Waals surface area contributed by atoms with Gasteiger partial charge in [0.1, 0.15) is 5.82 Å². The minimum Gasteiger partial charge on any atom is -0.331 e. The van der Waals surface area contributed by atoms with Crippen LogP contribution in [0.25, 0.3) is 6.08 Å². The van der Waals surface area contributed by atoms with Crippen LogP contribution in [0.2, 0.25) is 5.02 Å². The summed E-state index contributed by atoms with van der Waals surface area (Å²) in [4.78, 5) is 14.4. The van der Waals surface area contributed by atoms with Gasteiger partial charge in [-0.05, 0) is 41.8 Å². The summed E-state index contributed by atoms with van der Waals surface area (Å²) in [6.07, 6.45) is 3.41. The van der Waals surface area contributed by atoms with Crippen molar-refractivity contribution in [3.8, 4) is 0 Å². The zero-order chi connectivity index (χ0) is 19.4. The molecule has 0 aliphatic carbocycles. The lowest BCUT2D eigenvalue weighted by molar-refractivity contribution is -0.128. The lowest BCUT2D eigenvalue weighted by atomic mass is 10.1. The van der Waals surface area contributed by atoms with Gasteiger partial charge in [-0.3, -0.25) is 4.79 Å². The fourth-order valence-corrected chi connectivity index (χ4v) is 4.99. The molecule has 1 atom stereocenters. The highest BCUT2D eigenvalue weighted by molar-refractivity contribution is 7.91. The Labute approximate surface area is 163 Å². The number of carbonyl (C=O) groups is 1. The maximum Gasteiger partial charge on any atom is 0.247 e. The number of nitrogens with zero attached hydrogens (tertiary/aromatic N) is 1. The monoisotopic (exact) mass is 407 g/mol. The van der Waals surface area contributed by atoms with Gasteiger partial charge in [-0.15, -0.1) is 0 Å². The molecule has 2 aromatic carbocycles. The second-order valence-electron chi connectivity index (χ2n) is 6.50. The van der Waals surface area contributed by atoms with Crippen molar-refractivity contribution < 1.29 is 17.6 Å². The molecule has 1 aliphatic rings. The predicted molar refractivity (Wildman–Crippen MR) is 104 cm³/mol. The molecule has 1 aliphatic heterocycles. The van der Waals surface area contributed by atoms with Gasteiger partial charge in [0.15, 0.2) is 9.84 Å². The Bertz CT molecular complexity index is 957. The van der Waals surface area contributed by atoms with Crippen molar-refractivity contribution in [1.29, 1.82) is 0 Å². The van der Waals surface area contributed by atoms with Crippen LogP contribution in [0.3, 0.4) is 0 Å². The normalized spacial score (nSPS) is 18.7. The molecule has 0 aromatic heterocycles. The second kappa shape index (κ2) is 8.23. The molecule has 0 bridgehead atoms. The average molecular weight is 408 g/mol. The van der Waals surface area contributed by atoms with Crippen LogP contribution >= 0.6 is 11.6 Å². The van der Waals surface area contributed by atoms with Crippen molar-refractivity contribution in [1.82, 2.24) is 4.90 Å². The van der Waals surface area contributed by atoms with E-state index in [0.29, 0.717) is 17.0 Å². The lowest BCUT2D eigenvalue weighted by Crippen LogP contribution is -2.39. The minimum atomic E-state index is -3.15. The zero-order valence-electron chi connectivity index (χ0n) is 14.5. The van der Waals surface area contributed by atoms with E-state index in [2.05, 4.69) is 0 Å². The molecule has 0 spiro atoms. The first kappa shape index (κ1) is 19.6. The molecule has 142 valence electrons. The van der Waals surface area contributed by atoms with Gasteiger partial charge in [-0.1, -0.05) is 41.9 Å². The summed E-state index contributed by atoms with van der Waals surface area (Å²) in [5, 5.41) is 0.523. The first-order valence-electron chi connectivity index (χ1n) is 8.52. The van der Waals surface area contributed by atoms with Crippen LogP contribution in [-0.2, 0) is 21.2 Å². The topological polar surface area (TPSA) is 54.5 Å². The van der Waals surface area contributed by atoms with E-state index in [1.165, 1.54) is 23.1 Å². The van der Waals surface area contributed by atoms with Crippen molar-refractivity contribution in [2.75, 3.05) is 11.5 Å². The predicted octanol–water partition coefficient (Wildman–Crippen LogP) is 3.71. The van der Waals surface area contributed by atoms with Crippen molar-refractivity contribution in [3.63, 3.8) is 0 Å². The lowest BCUT2D eigenvalue weighted by Gasteiger charge is -2.27. The number of carbonyl (C=O) groups excluding carboxylic acids is 1. The van der Waals surface area contributed by atoms with E-state index in [-0.39, 0.29) is 29.8 Å². The second-order valence-corrected chi connectivity index (χ2v) is 9.14. The molecule has 4 nitrogen and oxygen atoms in total. The van der Waals surface area contributed by atoms with E-state index in [9.17, 15) is 17.6 Å². The summed E-state index contributed by atoms with van der Waals surface area (Å²) in [5.41, 5.74) is 1.44. The van der Waals surface area contributed by atoms with Crippen LogP contribution in [0, 0.1) is 5.82 Å². The van der Waals surface area contributed by atoms with Crippen LogP contribution in [0.4, 0.5) is 4.39 Å². The summed E-state index contributed by atoms with van der Waals surface area (Å²) in [6, 6.07) is 12.6. The third-order valence-electron chi connectivity index (χ3n) is 4.51. The van der Waals surface area contributed by atoms with Crippen molar-refractivity contribution in [3.05, 3.63) is 76.6 Å². The van der Waals surface area contributed by atoms with Gasteiger partial charge in [-0.25, -0.2) is 12.8 Å². The Morgan fingerprint density at radius 3 is 2.52 bits per heavy atom. The summed E-state index contributed by atoms with van der Waals surface area (Å²) in [6.45, 7) is 0.214. The molecule has 0 saturated carbocycles. The van der Waals surface area contributed by atoms with E-state index in [0.717, 1.165) is 5.56 Å². The van der Waals surface area contributed by atoms with Gasteiger partial charge in [0.05, 0.1) is 11.5 Å². The first-order chi connectivity index (χ1) is 12.8. The van der Waals surface area contributed by atoms with Crippen molar-refractivity contribution >= 4 is 33.4 Å². The van der Waals surface area contributed by atoms with Crippen LogP contribution in [0.15, 0.2) is 54.6 Å². The highest BCUT2D eigenvalue weighted by Gasteiger charge is 2.34. The van der Waals surface area contributed by atoms with E-state index in [1.807, 2.05) is 6.07 Å². The summed E-state index contributed by atoms with van der Waals surface area (Å²) in [5.74, 6) is -0.654. The summed E-state index contributed by atoms with van der Waals surface area (Å²) < 4.78 is 36.9. The molecule has 27 heavy (non-hydrogen) atoms. The molecular weight excluding hydrogens is 389 g/mol. The first-order valence-corrected chi connectivity index (χ1v) is 10.7. The molecule has 1 unspecified atom stereocenters. The van der Waals surface area contributed by atoms with Crippen molar-refractivity contribution in [2.24, 2.45) is 0 Å². The van der Waals surface area contributed by atoms with Gasteiger partial charge in [0, 0.05) is 23.7 Å². The van der Waals surface area contributed by atoms with Crippen LogP contribution in [0.1, 0.15) is 17.5 Å². The fourth-order valence-electron chi connectivity index (χ4n) is 3.06. The highest BCUT2D eigenvalue weighted by atomic mass is 35.5. The largest absolute Gasteiger partial charge is 0.331 e. The quantitative estimate of drug-likeness (QED) is 0.710. The number of halogens is 2. The summed E-state index contributed by atoms with van der Waals surface area (Å²) >= 11 is 6.11. The molecule has 1 fully saturated rings. The number of amides is 1. The molecule has 0 radical (unpaired) electrons. The van der Waals surface area contributed by atoms with Crippen molar-refractivity contribution in [2.45, 2.75) is 19.0 Å². The number of rotatable bonds is 5. The Balaban J connectivity index is 1.83.